The van der Waals surface area contributed by atoms with E-state index in [1.54, 1.807) is 6.08 Å². The Labute approximate surface area is 341 Å². The van der Waals surface area contributed by atoms with Gasteiger partial charge in [0.2, 0.25) is 0 Å². The first-order chi connectivity index (χ1) is 27.7. The molecule has 8 aromatic carbocycles. The molecule has 0 saturated carbocycles. The molecule has 0 aromatic heterocycles. The minimum atomic E-state index is 0.204. The maximum absolute atomic E-state index is 11.0. The molecule has 2 aliphatic carbocycles. The lowest BCUT2D eigenvalue weighted by molar-refractivity contribution is -0.117. The third-order valence-corrected chi connectivity index (χ3v) is 9.75. The number of aryl methyl sites for hydroxylation is 2. The number of rotatable bonds is 1. The minimum Gasteiger partial charge on any atom is -0.295 e. The summed E-state index contributed by atoms with van der Waals surface area (Å²) in [6, 6.07) is 71.2. The Morgan fingerprint density at radius 2 is 0.789 bits per heavy atom. The molecular formula is C56H56O. The second-order valence-corrected chi connectivity index (χ2v) is 15.2. The van der Waals surface area contributed by atoms with Crippen LogP contribution in [0.2, 0.25) is 0 Å². The van der Waals surface area contributed by atoms with E-state index < -0.39 is 0 Å². The number of allylic oxidation sites excluding steroid dienone is 2. The van der Waals surface area contributed by atoms with Crippen LogP contribution in [0.4, 0.5) is 0 Å². The van der Waals surface area contributed by atoms with Gasteiger partial charge in [-0.3, -0.25) is 4.79 Å². The normalized spacial score (nSPS) is 12.5. The zero-order valence-corrected chi connectivity index (χ0v) is 34.2. The Morgan fingerprint density at radius 1 is 0.421 bits per heavy atom. The standard InChI is InChI=1S/C16H10.C10H8.C9H14O.C8H10.C7H8.C6H6/c1-2-8-13-12(7-1)14-9-3-5-11-6-4-10-15(13)16(11)14;1-2-6-10-8-4-3-7-9(10)5-1;1-7-4-8(10)6-9(2,3)5-7;1-2-8-6-4-3-5-7-8;1-7-5-3-2-4-6-7;1-2-4-6-5-3-1/h1-10H;1-8H;4H,5-6H2,1-3H3;3-7H,2H2,1H3;2-6H,1H3;1-6H. The Hall–Kier alpha value is -6.31. The lowest BCUT2D eigenvalue weighted by Gasteiger charge is -2.27. The van der Waals surface area contributed by atoms with Crippen molar-refractivity contribution in [3.05, 3.63) is 229 Å². The van der Waals surface area contributed by atoms with E-state index in [4.69, 9.17) is 0 Å². The average Bonchev–Trinajstić information content (AvgIpc) is 3.57. The van der Waals surface area contributed by atoms with Gasteiger partial charge in [-0.15, -0.1) is 0 Å². The van der Waals surface area contributed by atoms with Gasteiger partial charge in [0.1, 0.15) is 0 Å². The van der Waals surface area contributed by atoms with Gasteiger partial charge in [-0.2, -0.15) is 0 Å². The fourth-order valence-corrected chi connectivity index (χ4v) is 7.17. The van der Waals surface area contributed by atoms with Crippen LogP contribution >= 0.6 is 0 Å². The molecule has 0 bridgehead atoms. The SMILES string of the molecule is CC1=CC(=O)CC(C)(C)C1.CCc1ccccc1.Cc1ccccc1.c1ccc2c(c1)-c1cccc3cccc-2c13.c1ccc2ccccc2c1.c1ccccc1. The summed E-state index contributed by atoms with van der Waals surface area (Å²) in [5, 5.41) is 5.37. The molecule has 2 aliphatic rings. The summed E-state index contributed by atoms with van der Waals surface area (Å²) in [6.07, 6.45) is 4.69. The van der Waals surface area contributed by atoms with Gasteiger partial charge in [-0.1, -0.05) is 238 Å². The molecule has 0 amide bonds. The van der Waals surface area contributed by atoms with Crippen LogP contribution in [0, 0.1) is 12.3 Å². The molecular weight excluding hydrogens is 689 g/mol. The van der Waals surface area contributed by atoms with E-state index in [1.165, 1.54) is 60.5 Å². The van der Waals surface area contributed by atoms with Crippen molar-refractivity contribution in [2.75, 3.05) is 0 Å². The van der Waals surface area contributed by atoms with E-state index in [9.17, 15) is 4.79 Å². The number of hydrogen-bond donors (Lipinski definition) is 0. The highest BCUT2D eigenvalue weighted by Crippen LogP contribution is 2.46. The molecule has 1 heteroatoms. The van der Waals surface area contributed by atoms with Crippen molar-refractivity contribution in [1.82, 2.24) is 0 Å². The van der Waals surface area contributed by atoms with E-state index in [0.29, 0.717) is 6.42 Å². The van der Waals surface area contributed by atoms with Crippen molar-refractivity contribution in [1.29, 1.82) is 0 Å². The predicted octanol–water partition coefficient (Wildman–Crippen LogP) is 15.6. The van der Waals surface area contributed by atoms with E-state index in [1.807, 2.05) is 67.6 Å². The fraction of sp³-hybridized carbons (Fsp3) is 0.161. The molecule has 0 saturated heterocycles. The minimum absolute atomic E-state index is 0.204. The zero-order chi connectivity index (χ0) is 40.3. The highest BCUT2D eigenvalue weighted by molar-refractivity contribution is 6.15. The Morgan fingerprint density at radius 3 is 1.16 bits per heavy atom. The number of carbonyl (C=O) groups excluding carboxylic acids is 1. The van der Waals surface area contributed by atoms with E-state index >= 15 is 0 Å². The van der Waals surface area contributed by atoms with Gasteiger partial charge in [0.05, 0.1) is 0 Å². The number of fused-ring (bicyclic) bond motifs is 4. The zero-order valence-electron chi connectivity index (χ0n) is 34.2. The summed E-state index contributed by atoms with van der Waals surface area (Å²) < 4.78 is 0. The molecule has 0 radical (unpaired) electrons. The molecule has 0 N–H and O–H groups in total. The number of hydrogen-bond acceptors (Lipinski definition) is 1. The summed E-state index contributed by atoms with van der Waals surface area (Å²) in [7, 11) is 0. The molecule has 0 spiro atoms. The van der Waals surface area contributed by atoms with Crippen LogP contribution in [-0.2, 0) is 11.2 Å². The second kappa shape index (κ2) is 21.7. The van der Waals surface area contributed by atoms with Crippen LogP contribution in [0.5, 0.6) is 0 Å². The van der Waals surface area contributed by atoms with Gasteiger partial charge < -0.3 is 0 Å². The molecule has 57 heavy (non-hydrogen) atoms. The van der Waals surface area contributed by atoms with Crippen molar-refractivity contribution in [2.45, 2.75) is 53.9 Å². The molecule has 0 heterocycles. The predicted molar refractivity (Wildman–Crippen MR) is 248 cm³/mol. The maximum atomic E-state index is 11.0. The maximum Gasteiger partial charge on any atom is 0.156 e. The third-order valence-electron chi connectivity index (χ3n) is 9.75. The lowest BCUT2D eigenvalue weighted by Crippen LogP contribution is -2.20. The first-order valence-electron chi connectivity index (χ1n) is 20.0. The molecule has 10 rings (SSSR count). The molecule has 286 valence electrons. The van der Waals surface area contributed by atoms with Crippen molar-refractivity contribution in [3.63, 3.8) is 0 Å². The topological polar surface area (TPSA) is 17.1 Å². The largest absolute Gasteiger partial charge is 0.295 e. The Kier molecular flexibility index (Phi) is 15.9. The third kappa shape index (κ3) is 13.2. The number of carbonyl (C=O) groups is 1. The van der Waals surface area contributed by atoms with E-state index in [-0.39, 0.29) is 11.2 Å². The Balaban J connectivity index is 0.000000135. The van der Waals surface area contributed by atoms with Gasteiger partial charge >= 0.3 is 0 Å². The smallest absolute Gasteiger partial charge is 0.156 e. The van der Waals surface area contributed by atoms with Crippen LogP contribution in [-0.4, -0.2) is 5.78 Å². The van der Waals surface area contributed by atoms with Crippen molar-refractivity contribution < 1.29 is 4.79 Å². The van der Waals surface area contributed by atoms with Gasteiger partial charge in [0, 0.05) is 6.42 Å². The number of benzene rings is 8. The van der Waals surface area contributed by atoms with Crippen molar-refractivity contribution in [3.8, 4) is 22.3 Å². The van der Waals surface area contributed by atoms with Crippen LogP contribution in [0.25, 0.3) is 43.8 Å². The van der Waals surface area contributed by atoms with Gasteiger partial charge in [0.25, 0.3) is 0 Å². The monoisotopic (exact) mass is 744 g/mol. The summed E-state index contributed by atoms with van der Waals surface area (Å²) in [4.78, 5) is 11.0. The van der Waals surface area contributed by atoms with Crippen LogP contribution in [0.1, 0.15) is 51.7 Å². The van der Waals surface area contributed by atoms with Crippen molar-refractivity contribution in [2.24, 2.45) is 5.41 Å². The summed E-state index contributed by atoms with van der Waals surface area (Å²) in [5.74, 6) is 0.286. The van der Waals surface area contributed by atoms with Crippen molar-refractivity contribution >= 4 is 27.3 Å². The van der Waals surface area contributed by atoms with E-state index in [2.05, 4.69) is 173 Å². The number of ketones is 1. The van der Waals surface area contributed by atoms with Gasteiger partial charge in [-0.05, 0) is 87.5 Å². The highest BCUT2D eigenvalue weighted by Gasteiger charge is 2.25. The fourth-order valence-electron chi connectivity index (χ4n) is 7.17. The summed E-state index contributed by atoms with van der Waals surface area (Å²) in [5.41, 5.74) is 9.66. The second-order valence-electron chi connectivity index (χ2n) is 15.2. The van der Waals surface area contributed by atoms with Crippen LogP contribution < -0.4 is 0 Å². The summed E-state index contributed by atoms with van der Waals surface area (Å²) in [6.45, 7) is 10.6. The lowest BCUT2D eigenvalue weighted by atomic mass is 9.77. The first kappa shape index (κ1) is 41.8. The molecule has 0 atom stereocenters. The van der Waals surface area contributed by atoms with Crippen LogP contribution in [0.3, 0.4) is 0 Å². The average molecular weight is 745 g/mol. The quantitative estimate of drug-likeness (QED) is 0.164. The molecule has 1 nitrogen and oxygen atoms in total. The van der Waals surface area contributed by atoms with Crippen LogP contribution in [0.15, 0.2) is 218 Å². The Bertz CT molecular complexity index is 2290. The first-order valence-corrected chi connectivity index (χ1v) is 20.0. The molecule has 8 aromatic rings. The highest BCUT2D eigenvalue weighted by atomic mass is 16.1. The summed E-state index contributed by atoms with van der Waals surface area (Å²) >= 11 is 0. The molecule has 0 fully saturated rings. The van der Waals surface area contributed by atoms with E-state index in [0.717, 1.165) is 12.8 Å². The molecule has 0 unspecified atom stereocenters. The molecule has 0 aliphatic heterocycles. The van der Waals surface area contributed by atoms with Gasteiger partial charge in [-0.25, -0.2) is 0 Å². The van der Waals surface area contributed by atoms with Gasteiger partial charge in [0.15, 0.2) is 5.78 Å².